The molecule has 4 rings (SSSR count). The molecule has 0 aliphatic carbocycles. The zero-order chi connectivity index (χ0) is 19.0. The number of rotatable bonds is 3. The fourth-order valence-electron chi connectivity index (χ4n) is 3.46. The summed E-state index contributed by atoms with van der Waals surface area (Å²) < 4.78 is 4.31. The molecule has 0 bridgehead atoms. The molecule has 0 spiro atoms. The minimum absolute atomic E-state index is 0.0977. The monoisotopic (exact) mass is 429 g/mol. The Morgan fingerprint density at radius 2 is 2.15 bits per heavy atom. The number of fused-ring (bicyclic) bond motifs is 3. The van der Waals surface area contributed by atoms with Crippen LogP contribution in [-0.4, -0.2) is 25.0 Å². The molecular weight excluding hydrogens is 410 g/mol. The van der Waals surface area contributed by atoms with Crippen molar-refractivity contribution < 1.29 is 4.79 Å². The number of halogens is 1. The topological polar surface area (TPSA) is 81.8 Å². The van der Waals surface area contributed by atoms with E-state index < -0.39 is 0 Å². The minimum Gasteiger partial charge on any atom is -0.324 e. The van der Waals surface area contributed by atoms with Gasteiger partial charge in [0, 0.05) is 23.1 Å². The summed E-state index contributed by atoms with van der Waals surface area (Å²) in [4.78, 5) is 34.1. The van der Waals surface area contributed by atoms with Crippen molar-refractivity contribution in [2.45, 2.75) is 45.7 Å². The molecule has 1 aliphatic heterocycles. The Morgan fingerprint density at radius 1 is 1.30 bits per heavy atom. The number of nitrogens with one attached hydrogen (secondary N) is 1. The van der Waals surface area contributed by atoms with E-state index in [0.29, 0.717) is 11.2 Å². The Morgan fingerprint density at radius 3 is 2.96 bits per heavy atom. The van der Waals surface area contributed by atoms with Crippen molar-refractivity contribution in [1.29, 1.82) is 0 Å². The largest absolute Gasteiger partial charge is 0.324 e. The zero-order valence-electron chi connectivity index (χ0n) is 15.0. The molecule has 27 heavy (non-hydrogen) atoms. The number of hydrogen-bond donors (Lipinski definition) is 1. The lowest BCUT2D eigenvalue weighted by atomic mass is 10.2. The average Bonchev–Trinajstić information content (AvgIpc) is 2.82. The van der Waals surface area contributed by atoms with Gasteiger partial charge in [-0.3, -0.25) is 14.2 Å². The van der Waals surface area contributed by atoms with E-state index in [4.69, 9.17) is 0 Å². The number of carbonyl (C=O) groups is 1. The summed E-state index contributed by atoms with van der Waals surface area (Å²) in [5.41, 5.74) is 2.36. The van der Waals surface area contributed by atoms with Crippen LogP contribution in [0.4, 0.5) is 5.69 Å². The fourth-order valence-corrected chi connectivity index (χ4v) is 3.93. The van der Waals surface area contributed by atoms with E-state index in [0.717, 1.165) is 53.8 Å². The van der Waals surface area contributed by atoms with Crippen molar-refractivity contribution >= 4 is 38.7 Å². The Kier molecular flexibility index (Phi) is 4.82. The second-order valence-electron chi connectivity index (χ2n) is 6.85. The van der Waals surface area contributed by atoms with Crippen LogP contribution in [0.3, 0.4) is 0 Å². The standard InChI is InChI=1S/C19H20BrN5O2/c1-12-9-13(20)6-7-14(12)22-16(26)10-24-11-21-18-17(19(24)27)23-15-5-3-2-4-8-25(15)18/h6-7,9,11H,2-5,8,10H2,1H3,(H,22,26). The molecule has 7 nitrogen and oxygen atoms in total. The van der Waals surface area contributed by atoms with Crippen molar-refractivity contribution in [1.82, 2.24) is 19.1 Å². The fraction of sp³-hybridized carbons (Fsp3) is 0.368. The van der Waals surface area contributed by atoms with Gasteiger partial charge in [0.15, 0.2) is 11.2 Å². The number of nitrogens with zero attached hydrogens (tertiary/aromatic N) is 4. The molecule has 8 heteroatoms. The van der Waals surface area contributed by atoms with E-state index in [9.17, 15) is 9.59 Å². The summed E-state index contributed by atoms with van der Waals surface area (Å²) in [6.45, 7) is 2.66. The predicted octanol–water partition coefficient (Wildman–Crippen LogP) is 3.03. The quantitative estimate of drug-likeness (QED) is 0.693. The van der Waals surface area contributed by atoms with Crippen LogP contribution in [0, 0.1) is 6.92 Å². The summed E-state index contributed by atoms with van der Waals surface area (Å²) in [5.74, 6) is 0.643. The lowest BCUT2D eigenvalue weighted by molar-refractivity contribution is -0.116. The Labute approximate surface area is 164 Å². The maximum absolute atomic E-state index is 12.8. The van der Waals surface area contributed by atoms with Gasteiger partial charge in [-0.1, -0.05) is 22.4 Å². The second kappa shape index (κ2) is 7.26. The van der Waals surface area contributed by atoms with Crippen LogP contribution in [0.5, 0.6) is 0 Å². The smallest absolute Gasteiger partial charge is 0.282 e. The molecule has 3 aromatic rings. The summed E-state index contributed by atoms with van der Waals surface area (Å²) in [5, 5.41) is 2.85. The molecule has 0 unspecified atom stereocenters. The van der Waals surface area contributed by atoms with Crippen LogP contribution >= 0.6 is 15.9 Å². The van der Waals surface area contributed by atoms with Gasteiger partial charge in [-0.15, -0.1) is 0 Å². The highest BCUT2D eigenvalue weighted by Gasteiger charge is 2.18. The van der Waals surface area contributed by atoms with Gasteiger partial charge in [-0.2, -0.15) is 0 Å². The summed E-state index contributed by atoms with van der Waals surface area (Å²) in [6, 6.07) is 5.61. The molecule has 1 amide bonds. The van der Waals surface area contributed by atoms with E-state index in [1.807, 2.05) is 29.7 Å². The van der Waals surface area contributed by atoms with E-state index in [2.05, 4.69) is 31.2 Å². The van der Waals surface area contributed by atoms with Gasteiger partial charge in [-0.25, -0.2) is 9.97 Å². The molecule has 0 saturated heterocycles. The van der Waals surface area contributed by atoms with Crippen molar-refractivity contribution in [3.63, 3.8) is 0 Å². The van der Waals surface area contributed by atoms with E-state index in [1.54, 1.807) is 0 Å². The third-order valence-electron chi connectivity index (χ3n) is 4.86. The number of benzene rings is 1. The van der Waals surface area contributed by atoms with Gasteiger partial charge in [0.25, 0.3) is 5.56 Å². The molecule has 1 N–H and O–H groups in total. The highest BCUT2D eigenvalue weighted by Crippen LogP contribution is 2.20. The van der Waals surface area contributed by atoms with Gasteiger partial charge < -0.3 is 9.88 Å². The lowest BCUT2D eigenvalue weighted by Crippen LogP contribution is -2.28. The Hall–Kier alpha value is -2.48. The van der Waals surface area contributed by atoms with E-state index in [1.165, 1.54) is 10.9 Å². The van der Waals surface area contributed by atoms with Gasteiger partial charge in [0.1, 0.15) is 18.7 Å². The number of carbonyl (C=O) groups excluding carboxylic acids is 1. The molecule has 0 atom stereocenters. The van der Waals surface area contributed by atoms with Crippen molar-refractivity contribution in [3.05, 3.63) is 50.7 Å². The van der Waals surface area contributed by atoms with Crippen LogP contribution in [0.25, 0.3) is 11.2 Å². The Bertz CT molecular complexity index is 1090. The molecular formula is C19H20BrN5O2. The first-order chi connectivity index (χ1) is 13.0. The second-order valence-corrected chi connectivity index (χ2v) is 7.76. The van der Waals surface area contributed by atoms with Crippen LogP contribution < -0.4 is 10.9 Å². The first-order valence-corrected chi connectivity index (χ1v) is 9.83. The SMILES string of the molecule is Cc1cc(Br)ccc1NC(=O)Cn1cnc2c(nc3n2CCCCC3)c1=O. The van der Waals surface area contributed by atoms with Crippen molar-refractivity contribution in [2.24, 2.45) is 0 Å². The third kappa shape index (κ3) is 3.53. The number of hydrogen-bond acceptors (Lipinski definition) is 4. The summed E-state index contributed by atoms with van der Waals surface area (Å²) in [7, 11) is 0. The first kappa shape index (κ1) is 17.9. The van der Waals surface area contributed by atoms with Crippen molar-refractivity contribution in [2.75, 3.05) is 5.32 Å². The highest BCUT2D eigenvalue weighted by atomic mass is 79.9. The summed E-state index contributed by atoms with van der Waals surface area (Å²) >= 11 is 3.40. The molecule has 0 saturated carbocycles. The zero-order valence-corrected chi connectivity index (χ0v) is 16.6. The van der Waals surface area contributed by atoms with E-state index >= 15 is 0 Å². The molecule has 3 heterocycles. The minimum atomic E-state index is -0.275. The van der Waals surface area contributed by atoms with Gasteiger partial charge in [-0.05, 0) is 43.5 Å². The van der Waals surface area contributed by atoms with Crippen molar-refractivity contribution in [3.8, 4) is 0 Å². The van der Waals surface area contributed by atoms with E-state index in [-0.39, 0.29) is 18.0 Å². The average molecular weight is 430 g/mol. The third-order valence-corrected chi connectivity index (χ3v) is 5.35. The Balaban J connectivity index is 1.59. The molecule has 0 fully saturated rings. The molecule has 1 aromatic carbocycles. The number of anilines is 1. The highest BCUT2D eigenvalue weighted by molar-refractivity contribution is 9.10. The molecule has 1 aliphatic rings. The first-order valence-electron chi connectivity index (χ1n) is 9.03. The molecule has 140 valence electrons. The predicted molar refractivity (Wildman–Crippen MR) is 107 cm³/mol. The number of imidazole rings is 1. The van der Waals surface area contributed by atoms with Gasteiger partial charge in [0.2, 0.25) is 5.91 Å². The van der Waals surface area contributed by atoms with Crippen LogP contribution in [0.2, 0.25) is 0 Å². The molecule has 2 aromatic heterocycles. The number of amides is 1. The maximum Gasteiger partial charge on any atom is 0.282 e. The van der Waals surface area contributed by atoms with Gasteiger partial charge in [0.05, 0.1) is 0 Å². The summed E-state index contributed by atoms with van der Waals surface area (Å²) in [6.07, 6.45) is 5.61. The van der Waals surface area contributed by atoms with Gasteiger partial charge >= 0.3 is 0 Å². The van der Waals surface area contributed by atoms with Crippen LogP contribution in [-0.2, 0) is 24.3 Å². The normalized spacial score (nSPS) is 14.0. The number of aromatic nitrogens is 4. The van der Waals surface area contributed by atoms with Crippen LogP contribution in [0.15, 0.2) is 33.8 Å². The van der Waals surface area contributed by atoms with Crippen LogP contribution in [0.1, 0.15) is 30.7 Å². The number of aryl methyl sites for hydroxylation is 3. The lowest BCUT2D eigenvalue weighted by Gasteiger charge is -2.10. The molecule has 0 radical (unpaired) electrons. The maximum atomic E-state index is 12.8.